The molecule has 1 aliphatic rings. The SMILES string of the molecule is Cc1sc(N)c(-c2nc(C3CCC(C)C3)no2)c1C. The molecular formula is C14H19N3OS. The first-order valence-electron chi connectivity index (χ1n) is 6.75. The number of thiophene rings is 1. The van der Waals surface area contributed by atoms with Crippen LogP contribution < -0.4 is 5.73 Å². The van der Waals surface area contributed by atoms with Gasteiger partial charge in [0.25, 0.3) is 5.89 Å². The zero-order valence-electron chi connectivity index (χ0n) is 11.6. The second-order valence-corrected chi connectivity index (χ2v) is 6.85. The van der Waals surface area contributed by atoms with Crippen molar-refractivity contribution in [3.05, 3.63) is 16.3 Å². The maximum absolute atomic E-state index is 6.05. The third kappa shape index (κ3) is 2.16. The fraction of sp³-hybridized carbons (Fsp3) is 0.571. The second kappa shape index (κ2) is 4.63. The summed E-state index contributed by atoms with van der Waals surface area (Å²) in [5.74, 6) is 2.65. The molecule has 2 aromatic heterocycles. The fourth-order valence-electron chi connectivity index (χ4n) is 2.86. The lowest BCUT2D eigenvalue weighted by Crippen LogP contribution is -1.96. The molecule has 2 aromatic rings. The maximum atomic E-state index is 6.05. The third-order valence-corrected chi connectivity index (χ3v) is 5.16. The zero-order chi connectivity index (χ0) is 13.6. The highest BCUT2D eigenvalue weighted by atomic mass is 32.1. The van der Waals surface area contributed by atoms with E-state index in [9.17, 15) is 0 Å². The molecule has 0 bridgehead atoms. The van der Waals surface area contributed by atoms with Gasteiger partial charge in [0.15, 0.2) is 5.82 Å². The molecule has 3 rings (SSSR count). The van der Waals surface area contributed by atoms with Crippen LogP contribution in [0.3, 0.4) is 0 Å². The zero-order valence-corrected chi connectivity index (χ0v) is 12.4. The van der Waals surface area contributed by atoms with Gasteiger partial charge in [-0.2, -0.15) is 4.98 Å². The number of aryl methyl sites for hydroxylation is 1. The van der Waals surface area contributed by atoms with E-state index >= 15 is 0 Å². The number of nitrogens with zero attached hydrogens (tertiary/aromatic N) is 2. The molecule has 102 valence electrons. The van der Waals surface area contributed by atoms with E-state index < -0.39 is 0 Å². The molecule has 5 heteroatoms. The predicted octanol–water partition coefficient (Wildman–Crippen LogP) is 3.90. The summed E-state index contributed by atoms with van der Waals surface area (Å²) in [6, 6.07) is 0. The maximum Gasteiger partial charge on any atom is 0.261 e. The Morgan fingerprint density at radius 2 is 2.11 bits per heavy atom. The number of hydrogen-bond acceptors (Lipinski definition) is 5. The van der Waals surface area contributed by atoms with Crippen LogP contribution in [0.15, 0.2) is 4.52 Å². The summed E-state index contributed by atoms with van der Waals surface area (Å²) in [4.78, 5) is 5.79. The smallest absolute Gasteiger partial charge is 0.261 e. The number of nitrogen functional groups attached to an aromatic ring is 1. The van der Waals surface area contributed by atoms with Crippen LogP contribution in [0, 0.1) is 19.8 Å². The minimum atomic E-state index is 0.453. The van der Waals surface area contributed by atoms with Crippen molar-refractivity contribution >= 4 is 16.3 Å². The first kappa shape index (κ1) is 12.7. The molecule has 0 amide bonds. The van der Waals surface area contributed by atoms with Crippen LogP contribution in [0.4, 0.5) is 5.00 Å². The second-order valence-electron chi connectivity index (χ2n) is 5.60. The summed E-state index contributed by atoms with van der Waals surface area (Å²) >= 11 is 1.58. The van der Waals surface area contributed by atoms with E-state index in [1.807, 2.05) is 0 Å². The highest BCUT2D eigenvalue weighted by Crippen LogP contribution is 2.40. The molecule has 19 heavy (non-hydrogen) atoms. The predicted molar refractivity (Wildman–Crippen MR) is 77.3 cm³/mol. The largest absolute Gasteiger partial charge is 0.390 e. The van der Waals surface area contributed by atoms with Gasteiger partial charge in [0.1, 0.15) is 0 Å². The Hall–Kier alpha value is -1.36. The lowest BCUT2D eigenvalue weighted by molar-refractivity contribution is 0.415. The van der Waals surface area contributed by atoms with E-state index in [4.69, 9.17) is 10.3 Å². The van der Waals surface area contributed by atoms with E-state index in [-0.39, 0.29) is 0 Å². The molecule has 0 spiro atoms. The van der Waals surface area contributed by atoms with Crippen LogP contribution in [0.25, 0.3) is 11.5 Å². The first-order valence-corrected chi connectivity index (χ1v) is 7.57. The molecule has 1 saturated carbocycles. The molecule has 2 unspecified atom stereocenters. The molecule has 1 aliphatic carbocycles. The molecule has 0 saturated heterocycles. The van der Waals surface area contributed by atoms with E-state index in [2.05, 4.69) is 30.9 Å². The van der Waals surface area contributed by atoms with E-state index in [0.717, 1.165) is 40.7 Å². The van der Waals surface area contributed by atoms with Crippen molar-refractivity contribution in [2.24, 2.45) is 5.92 Å². The van der Waals surface area contributed by atoms with Gasteiger partial charge in [0.2, 0.25) is 0 Å². The average Bonchev–Trinajstić information content (AvgIpc) is 3.02. The van der Waals surface area contributed by atoms with Crippen molar-refractivity contribution in [3.63, 3.8) is 0 Å². The molecule has 2 heterocycles. The number of hydrogen-bond donors (Lipinski definition) is 1. The molecule has 0 aliphatic heterocycles. The average molecular weight is 277 g/mol. The molecule has 1 fully saturated rings. The minimum absolute atomic E-state index is 0.453. The topological polar surface area (TPSA) is 64.9 Å². The number of nitrogens with two attached hydrogens (primary N) is 1. The normalized spacial score (nSPS) is 23.1. The van der Waals surface area contributed by atoms with Crippen molar-refractivity contribution in [3.8, 4) is 11.5 Å². The fourth-order valence-corrected chi connectivity index (χ4v) is 3.79. The lowest BCUT2D eigenvalue weighted by Gasteiger charge is -2.01. The Bertz CT molecular complexity index is 602. The standard InChI is InChI=1S/C14H19N3OS/c1-7-4-5-10(6-7)13-16-14(18-17-13)11-8(2)9(3)19-12(11)15/h7,10H,4-6,15H2,1-3H3. The Labute approximate surface area is 117 Å². The quantitative estimate of drug-likeness (QED) is 0.904. The van der Waals surface area contributed by atoms with Gasteiger partial charge in [-0.1, -0.05) is 12.1 Å². The van der Waals surface area contributed by atoms with Gasteiger partial charge in [-0.05, 0) is 44.6 Å². The first-order chi connectivity index (χ1) is 9.06. The van der Waals surface area contributed by atoms with Gasteiger partial charge >= 0.3 is 0 Å². The van der Waals surface area contributed by atoms with Gasteiger partial charge in [-0.3, -0.25) is 0 Å². The molecule has 2 atom stereocenters. The van der Waals surface area contributed by atoms with Crippen molar-refractivity contribution in [1.29, 1.82) is 0 Å². The number of rotatable bonds is 2. The molecule has 2 N–H and O–H groups in total. The van der Waals surface area contributed by atoms with Crippen LogP contribution in [0.2, 0.25) is 0 Å². The van der Waals surface area contributed by atoms with Crippen molar-refractivity contribution < 1.29 is 4.52 Å². The van der Waals surface area contributed by atoms with E-state index in [0.29, 0.717) is 11.8 Å². The summed E-state index contributed by atoms with van der Waals surface area (Å²) < 4.78 is 5.44. The molecular weight excluding hydrogens is 258 g/mol. The third-order valence-electron chi connectivity index (χ3n) is 4.13. The van der Waals surface area contributed by atoms with Gasteiger partial charge in [-0.25, -0.2) is 0 Å². The summed E-state index contributed by atoms with van der Waals surface area (Å²) in [5.41, 5.74) is 8.12. The Morgan fingerprint density at radius 1 is 1.32 bits per heavy atom. The summed E-state index contributed by atoms with van der Waals surface area (Å²) in [5, 5.41) is 4.93. The van der Waals surface area contributed by atoms with Gasteiger partial charge in [0.05, 0.1) is 10.6 Å². The van der Waals surface area contributed by atoms with Crippen LogP contribution in [-0.2, 0) is 0 Å². The van der Waals surface area contributed by atoms with Gasteiger partial charge < -0.3 is 10.3 Å². The van der Waals surface area contributed by atoms with E-state index in [1.165, 1.54) is 11.3 Å². The Kier molecular flexibility index (Phi) is 3.09. The van der Waals surface area contributed by atoms with Crippen molar-refractivity contribution in [1.82, 2.24) is 10.1 Å². The summed E-state index contributed by atoms with van der Waals surface area (Å²) in [6.07, 6.45) is 3.58. The van der Waals surface area contributed by atoms with Crippen LogP contribution in [0.5, 0.6) is 0 Å². The van der Waals surface area contributed by atoms with Crippen molar-refractivity contribution in [2.45, 2.75) is 46.0 Å². The van der Waals surface area contributed by atoms with Gasteiger partial charge in [-0.15, -0.1) is 11.3 Å². The van der Waals surface area contributed by atoms with Crippen molar-refractivity contribution in [2.75, 3.05) is 5.73 Å². The van der Waals surface area contributed by atoms with Crippen LogP contribution >= 0.6 is 11.3 Å². The van der Waals surface area contributed by atoms with Crippen LogP contribution in [0.1, 0.15) is 48.4 Å². The Balaban J connectivity index is 1.93. The minimum Gasteiger partial charge on any atom is -0.390 e. The summed E-state index contributed by atoms with van der Waals surface area (Å²) in [7, 11) is 0. The number of anilines is 1. The molecule has 0 aromatic carbocycles. The molecule has 4 nitrogen and oxygen atoms in total. The lowest BCUT2D eigenvalue weighted by atomic mass is 10.1. The number of aromatic nitrogens is 2. The Morgan fingerprint density at radius 3 is 2.68 bits per heavy atom. The molecule has 0 radical (unpaired) electrons. The monoisotopic (exact) mass is 277 g/mol. The summed E-state index contributed by atoms with van der Waals surface area (Å²) in [6.45, 7) is 6.40. The highest BCUT2D eigenvalue weighted by molar-refractivity contribution is 7.16. The van der Waals surface area contributed by atoms with Gasteiger partial charge in [0, 0.05) is 10.8 Å². The highest BCUT2D eigenvalue weighted by Gasteiger charge is 2.28. The van der Waals surface area contributed by atoms with E-state index in [1.54, 1.807) is 11.3 Å². The van der Waals surface area contributed by atoms with Crippen LogP contribution in [-0.4, -0.2) is 10.1 Å².